The van der Waals surface area contributed by atoms with Gasteiger partial charge in [-0.2, -0.15) is 8.42 Å². The Labute approximate surface area is 189 Å². The fourth-order valence-electron chi connectivity index (χ4n) is 4.04. The molecule has 1 amide bonds. The van der Waals surface area contributed by atoms with E-state index in [4.69, 9.17) is 9.92 Å². The predicted molar refractivity (Wildman–Crippen MR) is 124 cm³/mol. The van der Waals surface area contributed by atoms with Crippen LogP contribution in [0.2, 0.25) is 0 Å². The molecule has 2 atom stereocenters. The molecule has 2 aromatic rings. The molecule has 1 saturated carbocycles. The van der Waals surface area contributed by atoms with Gasteiger partial charge in [-0.15, -0.1) is 0 Å². The lowest BCUT2D eigenvalue weighted by Crippen LogP contribution is -2.50. The molecule has 0 radical (unpaired) electrons. The van der Waals surface area contributed by atoms with E-state index in [0.717, 1.165) is 22.9 Å². The first-order valence-corrected chi connectivity index (χ1v) is 13.6. The van der Waals surface area contributed by atoms with E-state index in [1.54, 1.807) is 18.2 Å². The Morgan fingerprint density at radius 1 is 1.09 bits per heavy atom. The van der Waals surface area contributed by atoms with E-state index in [0.29, 0.717) is 18.5 Å². The molecule has 174 valence electrons. The third-order valence-corrected chi connectivity index (χ3v) is 7.97. The number of nitrogens with one attached hydrogen (secondary N) is 1. The summed E-state index contributed by atoms with van der Waals surface area (Å²) in [6, 6.07) is 14.3. The minimum atomic E-state index is -3.95. The van der Waals surface area contributed by atoms with Crippen LogP contribution < -0.4 is 10.5 Å². The van der Waals surface area contributed by atoms with Crippen molar-refractivity contribution in [3.63, 3.8) is 0 Å². The SMILES string of the molecule is CC(C)S(=O)(=O)OC1(C(N)=O)CCCC1c1ccc(-c2cccc(NS(C)(=O)=O)c2)cc1. The fourth-order valence-corrected chi connectivity index (χ4v) is 5.48. The van der Waals surface area contributed by atoms with Crippen molar-refractivity contribution in [3.8, 4) is 11.1 Å². The molecular weight excluding hydrogens is 452 g/mol. The summed E-state index contributed by atoms with van der Waals surface area (Å²) in [7, 11) is -7.35. The minimum Gasteiger partial charge on any atom is -0.367 e. The largest absolute Gasteiger partial charge is 0.367 e. The van der Waals surface area contributed by atoms with Gasteiger partial charge in [-0.05, 0) is 61.9 Å². The number of primary amides is 1. The highest BCUT2D eigenvalue weighted by Crippen LogP contribution is 2.47. The second-order valence-corrected chi connectivity index (χ2v) is 12.2. The number of anilines is 1. The number of rotatable bonds is 8. The number of sulfonamides is 1. The van der Waals surface area contributed by atoms with E-state index in [9.17, 15) is 21.6 Å². The second-order valence-electron chi connectivity index (χ2n) is 8.40. The first-order valence-electron chi connectivity index (χ1n) is 10.3. The first-order chi connectivity index (χ1) is 14.8. The van der Waals surface area contributed by atoms with Crippen LogP contribution in [0.25, 0.3) is 11.1 Å². The number of carbonyl (C=O) groups is 1. The maximum atomic E-state index is 12.5. The van der Waals surface area contributed by atoms with E-state index < -0.39 is 42.8 Å². The molecule has 8 nitrogen and oxygen atoms in total. The lowest BCUT2D eigenvalue weighted by atomic mass is 9.84. The fraction of sp³-hybridized carbons (Fsp3) is 0.409. The van der Waals surface area contributed by atoms with Gasteiger partial charge in [0.1, 0.15) is 0 Å². The van der Waals surface area contributed by atoms with Crippen LogP contribution in [0.1, 0.15) is 44.6 Å². The molecule has 0 aliphatic heterocycles. The van der Waals surface area contributed by atoms with Crippen molar-refractivity contribution in [2.75, 3.05) is 11.0 Å². The lowest BCUT2D eigenvalue weighted by Gasteiger charge is -2.32. The van der Waals surface area contributed by atoms with Gasteiger partial charge >= 0.3 is 0 Å². The lowest BCUT2D eigenvalue weighted by molar-refractivity contribution is -0.134. The van der Waals surface area contributed by atoms with Crippen molar-refractivity contribution < 1.29 is 25.8 Å². The Morgan fingerprint density at radius 3 is 2.31 bits per heavy atom. The first kappa shape index (κ1) is 24.2. The highest BCUT2D eigenvalue weighted by atomic mass is 32.2. The molecule has 1 fully saturated rings. The zero-order valence-corrected chi connectivity index (χ0v) is 19.9. The standard InChI is InChI=1S/C22H28N2O6S2/c1-15(2)32(28,29)30-22(21(23)25)13-5-8-20(22)17-11-9-16(10-12-17)18-6-4-7-19(14-18)24-31(3,26)27/h4,6-7,9-12,14-15,20,24H,5,8,13H2,1-3H3,(H2,23,25). The van der Waals surface area contributed by atoms with Crippen LogP contribution in [-0.2, 0) is 29.1 Å². The highest BCUT2D eigenvalue weighted by Gasteiger charge is 2.53. The number of carbonyl (C=O) groups excluding carboxylic acids is 1. The quantitative estimate of drug-likeness (QED) is 0.558. The Balaban J connectivity index is 1.92. The average Bonchev–Trinajstić information content (AvgIpc) is 3.11. The predicted octanol–water partition coefficient (Wildman–Crippen LogP) is 2.97. The van der Waals surface area contributed by atoms with E-state index in [1.807, 2.05) is 30.3 Å². The van der Waals surface area contributed by atoms with Gasteiger partial charge in [0.15, 0.2) is 5.60 Å². The average molecular weight is 481 g/mol. The molecule has 3 N–H and O–H groups in total. The summed E-state index contributed by atoms with van der Waals surface area (Å²) in [6.07, 6.45) is 2.51. The van der Waals surface area contributed by atoms with Crippen LogP contribution in [-0.4, -0.2) is 39.8 Å². The summed E-state index contributed by atoms with van der Waals surface area (Å²) >= 11 is 0. The Kier molecular flexibility index (Phi) is 6.69. The van der Waals surface area contributed by atoms with E-state index in [1.165, 1.54) is 13.8 Å². The third-order valence-electron chi connectivity index (χ3n) is 5.68. The molecule has 0 saturated heterocycles. The van der Waals surface area contributed by atoms with E-state index in [2.05, 4.69) is 4.72 Å². The van der Waals surface area contributed by atoms with Crippen LogP contribution in [0.4, 0.5) is 5.69 Å². The Bertz CT molecular complexity index is 1210. The maximum Gasteiger partial charge on any atom is 0.270 e. The molecule has 3 rings (SSSR count). The van der Waals surface area contributed by atoms with Crippen LogP contribution in [0.5, 0.6) is 0 Å². The summed E-state index contributed by atoms with van der Waals surface area (Å²) in [6.45, 7) is 2.99. The summed E-state index contributed by atoms with van der Waals surface area (Å²) in [4.78, 5) is 12.4. The zero-order chi connectivity index (χ0) is 23.7. The molecule has 0 aromatic heterocycles. The molecule has 2 aromatic carbocycles. The number of nitrogens with two attached hydrogens (primary N) is 1. The summed E-state index contributed by atoms with van der Waals surface area (Å²) in [5, 5.41) is -0.796. The molecule has 1 aliphatic rings. The molecule has 0 bridgehead atoms. The Hall–Kier alpha value is -2.43. The number of hydrogen-bond acceptors (Lipinski definition) is 6. The van der Waals surface area contributed by atoms with Gasteiger partial charge in [0, 0.05) is 11.6 Å². The molecule has 1 aliphatic carbocycles. The molecular formula is C22H28N2O6S2. The molecule has 10 heteroatoms. The highest BCUT2D eigenvalue weighted by molar-refractivity contribution is 7.92. The molecule has 0 spiro atoms. The van der Waals surface area contributed by atoms with Crippen LogP contribution in [0, 0.1) is 0 Å². The zero-order valence-electron chi connectivity index (χ0n) is 18.2. The number of hydrogen-bond donors (Lipinski definition) is 2. The summed E-state index contributed by atoms with van der Waals surface area (Å²) < 4.78 is 55.9. The van der Waals surface area contributed by atoms with Crippen molar-refractivity contribution >= 4 is 31.7 Å². The van der Waals surface area contributed by atoms with Gasteiger partial charge in [0.25, 0.3) is 16.0 Å². The van der Waals surface area contributed by atoms with Gasteiger partial charge in [-0.1, -0.05) is 36.4 Å². The minimum absolute atomic E-state index is 0.236. The normalized spacial score (nSPS) is 21.6. The van der Waals surface area contributed by atoms with Gasteiger partial charge in [0.2, 0.25) is 10.0 Å². The van der Waals surface area contributed by atoms with E-state index in [-0.39, 0.29) is 6.42 Å². The van der Waals surface area contributed by atoms with Gasteiger partial charge in [0.05, 0.1) is 11.5 Å². The van der Waals surface area contributed by atoms with E-state index >= 15 is 0 Å². The van der Waals surface area contributed by atoms with Crippen LogP contribution in [0.3, 0.4) is 0 Å². The summed E-state index contributed by atoms with van der Waals surface area (Å²) in [5.74, 6) is -1.27. The van der Waals surface area contributed by atoms with Crippen molar-refractivity contribution in [1.29, 1.82) is 0 Å². The molecule has 2 unspecified atom stereocenters. The van der Waals surface area contributed by atoms with Crippen LogP contribution >= 0.6 is 0 Å². The van der Waals surface area contributed by atoms with Gasteiger partial charge in [-0.25, -0.2) is 8.42 Å². The van der Waals surface area contributed by atoms with Gasteiger partial charge in [-0.3, -0.25) is 13.7 Å². The second kappa shape index (κ2) is 8.84. The summed E-state index contributed by atoms with van der Waals surface area (Å²) in [5.41, 5.74) is 6.91. The van der Waals surface area contributed by atoms with Crippen LogP contribution in [0.15, 0.2) is 48.5 Å². The maximum absolute atomic E-state index is 12.5. The van der Waals surface area contributed by atoms with Crippen molar-refractivity contribution in [2.24, 2.45) is 5.73 Å². The van der Waals surface area contributed by atoms with Gasteiger partial charge < -0.3 is 5.73 Å². The topological polar surface area (TPSA) is 133 Å². The van der Waals surface area contributed by atoms with Crippen molar-refractivity contribution in [3.05, 3.63) is 54.1 Å². The number of benzene rings is 2. The smallest absolute Gasteiger partial charge is 0.270 e. The Morgan fingerprint density at radius 2 is 1.75 bits per heavy atom. The monoisotopic (exact) mass is 480 g/mol. The van der Waals surface area contributed by atoms with Crippen molar-refractivity contribution in [2.45, 2.75) is 49.9 Å². The third kappa shape index (κ3) is 5.13. The molecule has 0 heterocycles. The molecule has 32 heavy (non-hydrogen) atoms. The van der Waals surface area contributed by atoms with Crippen molar-refractivity contribution in [1.82, 2.24) is 0 Å². The number of amides is 1.